The Balaban J connectivity index is 2.02. The lowest BCUT2D eigenvalue weighted by atomic mass is 10.1. The van der Waals surface area contributed by atoms with Gasteiger partial charge in [-0.15, -0.1) is 11.8 Å². The number of benzene rings is 2. The third kappa shape index (κ3) is 4.66. The molecule has 2 aromatic carbocycles. The molecule has 0 aromatic heterocycles. The fraction of sp³-hybridized carbons (Fsp3) is 0.263. The highest BCUT2D eigenvalue weighted by Gasteiger charge is 2.19. The average molecular weight is 381 g/mol. The fourth-order valence-electron chi connectivity index (χ4n) is 2.29. The largest absolute Gasteiger partial charge is 0.338 e. The SMILES string of the molecule is CC(=O)c1ccc(SCC(=O)N(C)C(C)c2ccc(F)c(F)c2)c(F)c1. The molecule has 7 heteroatoms. The van der Waals surface area contributed by atoms with Crippen LogP contribution in [0.25, 0.3) is 0 Å². The molecular weight excluding hydrogens is 363 g/mol. The predicted octanol–water partition coefficient (Wildman–Crippen LogP) is 4.62. The van der Waals surface area contributed by atoms with E-state index in [2.05, 4.69) is 0 Å². The van der Waals surface area contributed by atoms with Crippen LogP contribution in [-0.2, 0) is 4.79 Å². The summed E-state index contributed by atoms with van der Waals surface area (Å²) in [4.78, 5) is 25.2. The summed E-state index contributed by atoms with van der Waals surface area (Å²) in [7, 11) is 1.55. The second-order valence-electron chi connectivity index (χ2n) is 5.84. The van der Waals surface area contributed by atoms with Crippen molar-refractivity contribution in [1.82, 2.24) is 4.90 Å². The molecule has 0 saturated heterocycles. The number of hydrogen-bond donors (Lipinski definition) is 0. The summed E-state index contributed by atoms with van der Waals surface area (Å²) in [5, 5.41) is 0. The molecule has 0 aliphatic carbocycles. The molecule has 0 spiro atoms. The molecule has 0 radical (unpaired) electrons. The Hall–Kier alpha value is -2.28. The van der Waals surface area contributed by atoms with Gasteiger partial charge in [-0.3, -0.25) is 9.59 Å². The molecule has 138 valence electrons. The molecule has 1 amide bonds. The Labute approximate surface area is 154 Å². The van der Waals surface area contributed by atoms with Gasteiger partial charge < -0.3 is 4.90 Å². The number of carbonyl (C=O) groups excluding carboxylic acids is 2. The molecule has 2 aromatic rings. The molecule has 0 saturated carbocycles. The summed E-state index contributed by atoms with van der Waals surface area (Å²) in [5.74, 6) is -3.04. The van der Waals surface area contributed by atoms with Gasteiger partial charge in [0.05, 0.1) is 11.8 Å². The topological polar surface area (TPSA) is 37.4 Å². The van der Waals surface area contributed by atoms with Crippen LogP contribution in [0.2, 0.25) is 0 Å². The number of amides is 1. The van der Waals surface area contributed by atoms with E-state index >= 15 is 0 Å². The summed E-state index contributed by atoms with van der Waals surface area (Å²) >= 11 is 1.01. The Morgan fingerprint density at radius 2 is 1.73 bits per heavy atom. The molecule has 0 heterocycles. The quantitative estimate of drug-likeness (QED) is 0.541. The first-order chi connectivity index (χ1) is 12.2. The van der Waals surface area contributed by atoms with E-state index < -0.39 is 23.5 Å². The second kappa shape index (κ2) is 8.40. The predicted molar refractivity (Wildman–Crippen MR) is 94.7 cm³/mol. The average Bonchev–Trinajstić information content (AvgIpc) is 2.61. The molecule has 0 fully saturated rings. The van der Waals surface area contributed by atoms with E-state index in [9.17, 15) is 22.8 Å². The van der Waals surface area contributed by atoms with Crippen molar-refractivity contribution in [1.29, 1.82) is 0 Å². The summed E-state index contributed by atoms with van der Waals surface area (Å²) in [6.45, 7) is 3.04. The van der Waals surface area contributed by atoms with Gasteiger partial charge in [-0.05, 0) is 43.7 Å². The Kier molecular flexibility index (Phi) is 6.47. The maximum atomic E-state index is 14.0. The van der Waals surface area contributed by atoms with Crippen molar-refractivity contribution in [2.24, 2.45) is 0 Å². The van der Waals surface area contributed by atoms with Crippen LogP contribution in [0.15, 0.2) is 41.3 Å². The van der Waals surface area contributed by atoms with E-state index in [1.165, 1.54) is 30.0 Å². The van der Waals surface area contributed by atoms with Crippen LogP contribution in [0.4, 0.5) is 13.2 Å². The van der Waals surface area contributed by atoms with E-state index in [0.717, 1.165) is 30.0 Å². The smallest absolute Gasteiger partial charge is 0.233 e. The minimum atomic E-state index is -0.975. The zero-order chi connectivity index (χ0) is 19.4. The fourth-order valence-corrected chi connectivity index (χ4v) is 3.13. The zero-order valence-electron chi connectivity index (χ0n) is 14.6. The number of ketones is 1. The normalized spacial score (nSPS) is 11.9. The Bertz CT molecular complexity index is 842. The number of thioether (sulfide) groups is 1. The van der Waals surface area contributed by atoms with Gasteiger partial charge in [-0.2, -0.15) is 0 Å². The number of hydrogen-bond acceptors (Lipinski definition) is 3. The highest BCUT2D eigenvalue weighted by Crippen LogP contribution is 2.26. The van der Waals surface area contributed by atoms with Gasteiger partial charge in [-0.25, -0.2) is 13.2 Å². The number of Topliss-reactive ketones (excluding diaryl/α,β-unsaturated/α-hetero) is 1. The third-order valence-electron chi connectivity index (χ3n) is 4.09. The number of rotatable bonds is 6. The molecule has 0 N–H and O–H groups in total. The van der Waals surface area contributed by atoms with E-state index in [4.69, 9.17) is 0 Å². The van der Waals surface area contributed by atoms with Gasteiger partial charge in [0.1, 0.15) is 5.82 Å². The van der Waals surface area contributed by atoms with Crippen LogP contribution in [0.5, 0.6) is 0 Å². The first-order valence-corrected chi connectivity index (χ1v) is 8.83. The van der Waals surface area contributed by atoms with Gasteiger partial charge in [-0.1, -0.05) is 12.1 Å². The second-order valence-corrected chi connectivity index (χ2v) is 6.86. The highest BCUT2D eigenvalue weighted by molar-refractivity contribution is 8.00. The summed E-state index contributed by atoms with van der Waals surface area (Å²) in [5.41, 5.74) is 0.726. The molecule has 0 aliphatic heterocycles. The van der Waals surface area contributed by atoms with Crippen LogP contribution < -0.4 is 0 Å². The number of carbonyl (C=O) groups is 2. The van der Waals surface area contributed by atoms with Crippen LogP contribution in [0.3, 0.4) is 0 Å². The van der Waals surface area contributed by atoms with Gasteiger partial charge in [0.15, 0.2) is 17.4 Å². The molecule has 3 nitrogen and oxygen atoms in total. The Morgan fingerprint density at radius 3 is 2.31 bits per heavy atom. The third-order valence-corrected chi connectivity index (χ3v) is 5.12. The van der Waals surface area contributed by atoms with Crippen LogP contribution in [0.1, 0.15) is 35.8 Å². The standard InChI is InChI=1S/C19H18F3NO2S/c1-11(13-4-6-15(20)16(21)8-13)23(3)19(25)10-26-18-7-5-14(12(2)24)9-17(18)22/h4-9,11H,10H2,1-3H3. The lowest BCUT2D eigenvalue weighted by Crippen LogP contribution is -2.31. The maximum Gasteiger partial charge on any atom is 0.233 e. The molecule has 1 atom stereocenters. The lowest BCUT2D eigenvalue weighted by molar-refractivity contribution is -0.128. The van der Waals surface area contributed by atoms with Crippen molar-refractivity contribution in [3.05, 3.63) is 65.0 Å². The molecule has 0 aliphatic rings. The van der Waals surface area contributed by atoms with Gasteiger partial charge >= 0.3 is 0 Å². The van der Waals surface area contributed by atoms with E-state index in [-0.39, 0.29) is 27.9 Å². The van der Waals surface area contributed by atoms with Crippen molar-refractivity contribution in [3.8, 4) is 0 Å². The van der Waals surface area contributed by atoms with Gasteiger partial charge in [0.2, 0.25) is 5.91 Å². The van der Waals surface area contributed by atoms with Crippen molar-refractivity contribution in [3.63, 3.8) is 0 Å². The van der Waals surface area contributed by atoms with Crippen molar-refractivity contribution >= 4 is 23.5 Å². The molecular formula is C19H18F3NO2S. The van der Waals surface area contributed by atoms with Crippen molar-refractivity contribution < 1.29 is 22.8 Å². The summed E-state index contributed by atoms with van der Waals surface area (Å²) in [6, 6.07) is 7.12. The minimum Gasteiger partial charge on any atom is -0.338 e. The zero-order valence-corrected chi connectivity index (χ0v) is 15.4. The van der Waals surface area contributed by atoms with Crippen LogP contribution in [0, 0.1) is 17.5 Å². The first kappa shape index (κ1) is 20.0. The number of halogens is 3. The Morgan fingerprint density at radius 1 is 1.04 bits per heavy atom. The van der Waals surface area contributed by atoms with Gasteiger partial charge in [0.25, 0.3) is 0 Å². The highest BCUT2D eigenvalue weighted by atomic mass is 32.2. The number of nitrogens with zero attached hydrogens (tertiary/aromatic N) is 1. The maximum absolute atomic E-state index is 14.0. The van der Waals surface area contributed by atoms with Crippen molar-refractivity contribution in [2.75, 3.05) is 12.8 Å². The molecule has 2 rings (SSSR count). The summed E-state index contributed by atoms with van der Waals surface area (Å²) in [6.07, 6.45) is 0. The van der Waals surface area contributed by atoms with Crippen LogP contribution >= 0.6 is 11.8 Å². The molecule has 0 bridgehead atoms. The monoisotopic (exact) mass is 381 g/mol. The van der Waals surface area contributed by atoms with Crippen molar-refractivity contribution in [2.45, 2.75) is 24.8 Å². The van der Waals surface area contributed by atoms with E-state index in [1.807, 2.05) is 0 Å². The molecule has 26 heavy (non-hydrogen) atoms. The van der Waals surface area contributed by atoms with E-state index in [0.29, 0.717) is 5.56 Å². The summed E-state index contributed by atoms with van der Waals surface area (Å²) < 4.78 is 40.4. The lowest BCUT2D eigenvalue weighted by Gasteiger charge is -2.25. The molecule has 1 unspecified atom stereocenters. The van der Waals surface area contributed by atoms with Crippen LogP contribution in [-0.4, -0.2) is 29.4 Å². The minimum absolute atomic E-state index is 0.0269. The van der Waals surface area contributed by atoms with Gasteiger partial charge in [0, 0.05) is 17.5 Å². The van der Waals surface area contributed by atoms with E-state index in [1.54, 1.807) is 14.0 Å². The first-order valence-electron chi connectivity index (χ1n) is 7.84.